The number of nitrogens with one attached hydrogen (secondary N) is 1. The first-order chi connectivity index (χ1) is 14.0. The summed E-state index contributed by atoms with van der Waals surface area (Å²) in [5.74, 6) is -0.965. The minimum Gasteiger partial charge on any atom is -0.503 e. The van der Waals surface area contributed by atoms with E-state index in [1.54, 1.807) is 31.5 Å². The topological polar surface area (TPSA) is 84.9 Å². The van der Waals surface area contributed by atoms with Crippen molar-refractivity contribution in [2.75, 3.05) is 0 Å². The Hall–Kier alpha value is -3.19. The van der Waals surface area contributed by atoms with Gasteiger partial charge in [0, 0.05) is 16.1 Å². The Morgan fingerprint density at radius 2 is 1.97 bits per heavy atom. The van der Waals surface area contributed by atoms with Crippen LogP contribution in [0.2, 0.25) is 0 Å². The van der Waals surface area contributed by atoms with E-state index in [9.17, 15) is 14.7 Å². The van der Waals surface area contributed by atoms with Crippen molar-refractivity contribution in [3.63, 3.8) is 0 Å². The largest absolute Gasteiger partial charge is 0.503 e. The fourth-order valence-corrected chi connectivity index (χ4v) is 3.72. The second kappa shape index (κ2) is 7.67. The lowest BCUT2D eigenvalue weighted by atomic mass is 9.95. The monoisotopic (exact) mass is 453 g/mol. The van der Waals surface area contributed by atoms with Gasteiger partial charge in [-0.3, -0.25) is 9.59 Å². The Labute approximate surface area is 175 Å². The van der Waals surface area contributed by atoms with Gasteiger partial charge in [-0.15, -0.1) is 0 Å². The molecule has 146 valence electrons. The second-order valence-electron chi connectivity index (χ2n) is 6.80. The summed E-state index contributed by atoms with van der Waals surface area (Å²) in [4.78, 5) is 30.6. The quantitative estimate of drug-likeness (QED) is 0.592. The van der Waals surface area contributed by atoms with Crippen molar-refractivity contribution < 1.29 is 24.1 Å². The third kappa shape index (κ3) is 3.61. The van der Waals surface area contributed by atoms with Crippen molar-refractivity contribution in [2.45, 2.75) is 19.5 Å². The van der Waals surface area contributed by atoms with E-state index >= 15 is 0 Å². The van der Waals surface area contributed by atoms with E-state index in [0.29, 0.717) is 5.76 Å². The van der Waals surface area contributed by atoms with Crippen molar-refractivity contribution in [3.05, 3.63) is 99.4 Å². The molecule has 1 unspecified atom stereocenters. The zero-order valence-electron chi connectivity index (χ0n) is 15.6. The molecule has 1 atom stereocenters. The summed E-state index contributed by atoms with van der Waals surface area (Å²) in [6, 6.07) is 13.5. The molecule has 1 aromatic carbocycles. The number of aromatic nitrogens is 1. The number of H-pyrrole nitrogens is 1. The molecule has 3 heterocycles. The van der Waals surface area contributed by atoms with Crippen LogP contribution in [0.25, 0.3) is 0 Å². The number of furan rings is 1. The normalized spacial score (nSPS) is 16.6. The molecule has 2 aromatic heterocycles. The van der Waals surface area contributed by atoms with Crippen LogP contribution in [0.4, 0.5) is 0 Å². The van der Waals surface area contributed by atoms with E-state index < -0.39 is 23.5 Å². The molecule has 0 radical (unpaired) electrons. The Morgan fingerprint density at radius 3 is 2.59 bits per heavy atom. The van der Waals surface area contributed by atoms with Gasteiger partial charge in [0.25, 0.3) is 5.91 Å². The maximum atomic E-state index is 13.2. The van der Waals surface area contributed by atoms with Crippen molar-refractivity contribution in [3.8, 4) is 0 Å². The average molecular weight is 454 g/mol. The average Bonchev–Trinajstić information content (AvgIpc) is 3.26. The van der Waals surface area contributed by atoms with Gasteiger partial charge >= 0.3 is 0 Å². The summed E-state index contributed by atoms with van der Waals surface area (Å²) in [5, 5.41) is 10.6. The molecule has 4 rings (SSSR count). The number of rotatable bonds is 5. The first-order valence-corrected chi connectivity index (χ1v) is 9.80. The predicted octanol–water partition coefficient (Wildman–Crippen LogP) is 3.94. The number of pyridine rings is 1. The van der Waals surface area contributed by atoms with E-state index in [-0.39, 0.29) is 17.9 Å². The highest BCUT2D eigenvalue weighted by Crippen LogP contribution is 2.40. The number of carbonyl (C=O) groups excluding carboxylic acids is 2. The minimum atomic E-state index is -0.728. The van der Waals surface area contributed by atoms with Crippen LogP contribution in [-0.4, -0.2) is 21.7 Å². The number of carbonyl (C=O) groups is 2. The molecule has 1 aliphatic heterocycles. The van der Waals surface area contributed by atoms with Crippen molar-refractivity contribution in [1.29, 1.82) is 0 Å². The molecule has 1 aliphatic rings. The number of aliphatic hydroxyl groups is 1. The molecule has 0 spiro atoms. The molecule has 29 heavy (non-hydrogen) atoms. The SMILES string of the molecule is Cc1ccc(C(=O)C2=C(O)C(=O)N(Cc3ccc[nH+]c3)C2c2ccc(Br)cc2)o1. The molecule has 0 saturated carbocycles. The lowest BCUT2D eigenvalue weighted by molar-refractivity contribution is -0.378. The number of aryl methyl sites for hydroxylation is 1. The maximum Gasteiger partial charge on any atom is 0.290 e. The third-order valence-corrected chi connectivity index (χ3v) is 5.35. The summed E-state index contributed by atoms with van der Waals surface area (Å²) in [6.45, 7) is 1.96. The summed E-state index contributed by atoms with van der Waals surface area (Å²) >= 11 is 3.40. The van der Waals surface area contributed by atoms with E-state index in [2.05, 4.69) is 20.9 Å². The van der Waals surface area contributed by atoms with Gasteiger partial charge in [0.15, 0.2) is 23.9 Å². The molecule has 6 nitrogen and oxygen atoms in total. The Kier molecular flexibility index (Phi) is 5.07. The number of amides is 1. The fourth-order valence-electron chi connectivity index (χ4n) is 3.46. The smallest absolute Gasteiger partial charge is 0.290 e. The molecular weight excluding hydrogens is 436 g/mol. The van der Waals surface area contributed by atoms with Gasteiger partial charge in [-0.2, -0.15) is 0 Å². The van der Waals surface area contributed by atoms with Gasteiger partial charge in [0.2, 0.25) is 5.78 Å². The van der Waals surface area contributed by atoms with Crippen molar-refractivity contribution in [2.24, 2.45) is 0 Å². The molecule has 0 fully saturated rings. The van der Waals surface area contributed by atoms with E-state index in [4.69, 9.17) is 4.42 Å². The summed E-state index contributed by atoms with van der Waals surface area (Å²) < 4.78 is 6.33. The minimum absolute atomic E-state index is 0.0200. The Morgan fingerprint density at radius 1 is 1.21 bits per heavy atom. The van der Waals surface area contributed by atoms with Crippen LogP contribution in [0.1, 0.15) is 33.5 Å². The summed E-state index contributed by atoms with van der Waals surface area (Å²) in [5.41, 5.74) is 1.59. The zero-order chi connectivity index (χ0) is 20.5. The number of hydrogen-bond acceptors (Lipinski definition) is 4. The highest BCUT2D eigenvalue weighted by Gasteiger charge is 2.44. The number of ketones is 1. The summed E-state index contributed by atoms with van der Waals surface area (Å²) in [6.07, 6.45) is 3.55. The van der Waals surface area contributed by atoms with E-state index in [1.807, 2.05) is 36.4 Å². The van der Waals surface area contributed by atoms with Gasteiger partial charge in [0.1, 0.15) is 5.76 Å². The first kappa shape index (κ1) is 19.1. The molecule has 7 heteroatoms. The number of aliphatic hydroxyl groups excluding tert-OH is 1. The predicted molar refractivity (Wildman–Crippen MR) is 108 cm³/mol. The first-order valence-electron chi connectivity index (χ1n) is 9.01. The Balaban J connectivity index is 1.79. The number of benzene rings is 1. The zero-order valence-corrected chi connectivity index (χ0v) is 17.1. The third-order valence-electron chi connectivity index (χ3n) is 4.82. The number of nitrogens with zero attached hydrogens (tertiary/aromatic N) is 1. The van der Waals surface area contributed by atoms with Crippen LogP contribution >= 0.6 is 15.9 Å². The molecule has 3 aromatic rings. The number of Topliss-reactive ketones (excluding diaryl/α,β-unsaturated/α-hetero) is 1. The van der Waals surface area contributed by atoms with Crippen LogP contribution in [0.3, 0.4) is 0 Å². The fraction of sp³-hybridized carbons (Fsp3) is 0.136. The van der Waals surface area contributed by atoms with Gasteiger partial charge in [0.05, 0.1) is 18.2 Å². The lowest BCUT2D eigenvalue weighted by Gasteiger charge is -2.26. The van der Waals surface area contributed by atoms with Gasteiger partial charge < -0.3 is 14.4 Å². The second-order valence-corrected chi connectivity index (χ2v) is 7.72. The summed E-state index contributed by atoms with van der Waals surface area (Å²) in [7, 11) is 0. The van der Waals surface area contributed by atoms with Crippen LogP contribution in [0.5, 0.6) is 0 Å². The molecular formula is C22H18BrN2O4+. The number of hydrogen-bond donors (Lipinski definition) is 1. The standard InChI is InChI=1S/C22H17BrN2O4/c1-13-4-9-17(29-13)20(26)18-19(15-5-7-16(23)8-6-15)25(22(28)21(18)27)12-14-3-2-10-24-11-14/h2-11,19,27H,12H2,1H3/p+1. The number of aromatic amines is 1. The molecule has 0 saturated heterocycles. The van der Waals surface area contributed by atoms with E-state index in [1.165, 1.54) is 4.90 Å². The maximum absolute atomic E-state index is 13.2. The van der Waals surface area contributed by atoms with Crippen LogP contribution in [0.15, 0.2) is 81.1 Å². The van der Waals surface area contributed by atoms with Crippen LogP contribution < -0.4 is 4.98 Å². The van der Waals surface area contributed by atoms with E-state index in [0.717, 1.165) is 15.6 Å². The van der Waals surface area contributed by atoms with Gasteiger partial charge in [-0.25, -0.2) is 4.98 Å². The van der Waals surface area contributed by atoms with Gasteiger partial charge in [-0.1, -0.05) is 28.1 Å². The van der Waals surface area contributed by atoms with Gasteiger partial charge in [-0.05, 0) is 42.8 Å². The highest BCUT2D eigenvalue weighted by molar-refractivity contribution is 9.10. The molecule has 0 bridgehead atoms. The lowest BCUT2D eigenvalue weighted by Crippen LogP contribution is -2.31. The molecule has 2 N–H and O–H groups in total. The Bertz CT molecular complexity index is 1100. The van der Waals surface area contributed by atoms with Crippen LogP contribution in [0, 0.1) is 6.92 Å². The highest BCUT2D eigenvalue weighted by atomic mass is 79.9. The van der Waals surface area contributed by atoms with Crippen molar-refractivity contribution in [1.82, 2.24) is 4.90 Å². The molecule has 1 amide bonds. The van der Waals surface area contributed by atoms with Crippen molar-refractivity contribution >= 4 is 27.6 Å². The molecule has 0 aliphatic carbocycles. The number of halogens is 1. The van der Waals surface area contributed by atoms with Crippen LogP contribution in [-0.2, 0) is 11.3 Å².